The molecule has 0 radical (unpaired) electrons. The predicted molar refractivity (Wildman–Crippen MR) is 138 cm³/mol. The van der Waals surface area contributed by atoms with Crippen molar-refractivity contribution in [3.63, 3.8) is 0 Å². The molecule has 0 spiro atoms. The van der Waals surface area contributed by atoms with Crippen LogP contribution in [-0.4, -0.2) is 13.7 Å². The summed E-state index contributed by atoms with van der Waals surface area (Å²) < 4.78 is 11.3. The van der Waals surface area contributed by atoms with Crippen LogP contribution in [0.25, 0.3) is 11.1 Å². The Labute approximate surface area is 197 Å². The van der Waals surface area contributed by atoms with Crippen molar-refractivity contribution in [2.45, 2.75) is 103 Å². The van der Waals surface area contributed by atoms with Crippen molar-refractivity contribution in [3.8, 4) is 16.9 Å². The highest BCUT2D eigenvalue weighted by molar-refractivity contribution is 5.64. The lowest BCUT2D eigenvalue weighted by Crippen LogP contribution is -2.01. The molecule has 2 heteroatoms. The van der Waals surface area contributed by atoms with Crippen molar-refractivity contribution in [1.82, 2.24) is 0 Å². The van der Waals surface area contributed by atoms with Crippen LogP contribution < -0.4 is 4.74 Å². The Morgan fingerprint density at radius 3 is 1.50 bits per heavy atom. The van der Waals surface area contributed by atoms with Gasteiger partial charge in [-0.2, -0.15) is 0 Å². The minimum absolute atomic E-state index is 0.150. The SMILES string of the molecule is CCCCCCCCCCCCCCCOC(C)c1ccc(-c2ccc(OC)cc2)cc1. The molecular formula is C30H46O2. The smallest absolute Gasteiger partial charge is 0.118 e. The molecule has 0 aliphatic rings. The Kier molecular flexibility index (Phi) is 13.9. The molecule has 0 saturated heterocycles. The van der Waals surface area contributed by atoms with E-state index in [9.17, 15) is 0 Å². The van der Waals surface area contributed by atoms with Crippen LogP contribution in [0.2, 0.25) is 0 Å². The third kappa shape index (κ3) is 10.7. The first-order valence-corrected chi connectivity index (χ1v) is 13.1. The van der Waals surface area contributed by atoms with E-state index in [-0.39, 0.29) is 6.10 Å². The van der Waals surface area contributed by atoms with Gasteiger partial charge in [-0.05, 0) is 42.2 Å². The van der Waals surface area contributed by atoms with Gasteiger partial charge < -0.3 is 9.47 Å². The maximum absolute atomic E-state index is 6.09. The maximum atomic E-state index is 6.09. The number of methoxy groups -OCH3 is 1. The Hall–Kier alpha value is -1.80. The Morgan fingerprint density at radius 2 is 1.03 bits per heavy atom. The molecule has 0 bridgehead atoms. The van der Waals surface area contributed by atoms with E-state index in [0.717, 1.165) is 12.4 Å². The summed E-state index contributed by atoms with van der Waals surface area (Å²) in [4.78, 5) is 0. The molecule has 2 nitrogen and oxygen atoms in total. The minimum atomic E-state index is 0.150. The second-order valence-corrected chi connectivity index (χ2v) is 9.11. The van der Waals surface area contributed by atoms with Crippen LogP contribution in [0.15, 0.2) is 48.5 Å². The van der Waals surface area contributed by atoms with Crippen molar-refractivity contribution in [3.05, 3.63) is 54.1 Å². The van der Waals surface area contributed by atoms with Crippen LogP contribution in [-0.2, 0) is 4.74 Å². The number of benzene rings is 2. The lowest BCUT2D eigenvalue weighted by atomic mass is 10.0. The standard InChI is InChI=1S/C30H46O2/c1-4-5-6-7-8-9-10-11-12-13-14-15-16-25-32-26(2)27-17-19-28(20-18-27)29-21-23-30(31-3)24-22-29/h17-24,26H,4-16,25H2,1-3H3. The van der Waals surface area contributed by atoms with Crippen LogP contribution in [0.1, 0.15) is 109 Å². The first-order chi connectivity index (χ1) is 15.7. The molecule has 32 heavy (non-hydrogen) atoms. The summed E-state index contributed by atoms with van der Waals surface area (Å²) in [5.41, 5.74) is 3.68. The van der Waals surface area contributed by atoms with Gasteiger partial charge in [0.1, 0.15) is 5.75 Å². The summed E-state index contributed by atoms with van der Waals surface area (Å²) in [6, 6.07) is 17.0. The molecule has 0 aromatic heterocycles. The second kappa shape index (κ2) is 16.8. The van der Waals surface area contributed by atoms with E-state index >= 15 is 0 Å². The molecule has 0 saturated carbocycles. The van der Waals surface area contributed by atoms with Crippen LogP contribution in [0.4, 0.5) is 0 Å². The largest absolute Gasteiger partial charge is 0.497 e. The Balaban J connectivity index is 1.50. The topological polar surface area (TPSA) is 18.5 Å². The molecule has 0 amide bonds. The van der Waals surface area contributed by atoms with Gasteiger partial charge in [0.25, 0.3) is 0 Å². The molecule has 0 fully saturated rings. The summed E-state index contributed by atoms with van der Waals surface area (Å²) in [7, 11) is 1.70. The summed E-state index contributed by atoms with van der Waals surface area (Å²) in [5.74, 6) is 0.889. The maximum Gasteiger partial charge on any atom is 0.118 e. The number of rotatable bonds is 18. The number of hydrogen-bond donors (Lipinski definition) is 0. The van der Waals surface area contributed by atoms with Crippen molar-refractivity contribution in [1.29, 1.82) is 0 Å². The zero-order valence-corrected chi connectivity index (χ0v) is 20.9. The fourth-order valence-corrected chi connectivity index (χ4v) is 4.21. The van der Waals surface area contributed by atoms with E-state index in [4.69, 9.17) is 9.47 Å². The average molecular weight is 439 g/mol. The molecule has 0 N–H and O–H groups in total. The van der Waals surface area contributed by atoms with E-state index in [2.05, 4.69) is 50.2 Å². The van der Waals surface area contributed by atoms with Gasteiger partial charge in [-0.15, -0.1) is 0 Å². The molecule has 2 aromatic rings. The van der Waals surface area contributed by atoms with Gasteiger partial charge in [0.2, 0.25) is 0 Å². The zero-order chi connectivity index (χ0) is 22.9. The molecule has 1 unspecified atom stereocenters. The lowest BCUT2D eigenvalue weighted by molar-refractivity contribution is 0.0627. The first-order valence-electron chi connectivity index (χ1n) is 13.1. The van der Waals surface area contributed by atoms with E-state index in [1.54, 1.807) is 7.11 Å². The van der Waals surface area contributed by atoms with Crippen LogP contribution in [0, 0.1) is 0 Å². The Bertz CT molecular complexity index is 690. The second-order valence-electron chi connectivity index (χ2n) is 9.11. The van der Waals surface area contributed by atoms with Crippen LogP contribution in [0.5, 0.6) is 5.75 Å². The van der Waals surface area contributed by atoms with Crippen molar-refractivity contribution in [2.75, 3.05) is 13.7 Å². The first kappa shape index (κ1) is 26.5. The van der Waals surface area contributed by atoms with Crippen molar-refractivity contribution in [2.24, 2.45) is 0 Å². The summed E-state index contributed by atoms with van der Waals surface area (Å²) in [5, 5.41) is 0. The van der Waals surface area contributed by atoms with E-state index < -0.39 is 0 Å². The van der Waals surface area contributed by atoms with Crippen LogP contribution in [0.3, 0.4) is 0 Å². The van der Waals surface area contributed by atoms with Gasteiger partial charge in [0, 0.05) is 6.61 Å². The van der Waals surface area contributed by atoms with Gasteiger partial charge in [-0.1, -0.05) is 120 Å². The molecule has 0 heterocycles. The van der Waals surface area contributed by atoms with Gasteiger partial charge in [0.05, 0.1) is 13.2 Å². The third-order valence-corrected chi connectivity index (χ3v) is 6.42. The van der Waals surface area contributed by atoms with Gasteiger partial charge >= 0.3 is 0 Å². The zero-order valence-electron chi connectivity index (χ0n) is 20.9. The van der Waals surface area contributed by atoms with Gasteiger partial charge in [-0.25, -0.2) is 0 Å². The molecule has 1 atom stereocenters. The molecule has 2 aromatic carbocycles. The fourth-order valence-electron chi connectivity index (χ4n) is 4.21. The normalized spacial score (nSPS) is 12.1. The molecular weight excluding hydrogens is 392 g/mol. The molecule has 178 valence electrons. The van der Waals surface area contributed by atoms with E-state index in [1.165, 1.54) is 100 Å². The summed E-state index contributed by atoms with van der Waals surface area (Å²) in [6.45, 7) is 5.31. The quantitative estimate of drug-likeness (QED) is 0.216. The van der Waals surface area contributed by atoms with E-state index in [1.807, 2.05) is 12.1 Å². The molecule has 0 aliphatic heterocycles. The lowest BCUT2D eigenvalue weighted by Gasteiger charge is -2.14. The van der Waals surface area contributed by atoms with E-state index in [0.29, 0.717) is 0 Å². The highest BCUT2D eigenvalue weighted by Gasteiger charge is 2.06. The summed E-state index contributed by atoms with van der Waals surface area (Å²) in [6.07, 6.45) is 18.2. The summed E-state index contributed by atoms with van der Waals surface area (Å²) >= 11 is 0. The number of unbranched alkanes of at least 4 members (excludes halogenated alkanes) is 12. The molecule has 2 rings (SSSR count). The Morgan fingerprint density at radius 1 is 0.594 bits per heavy atom. The molecule has 0 aliphatic carbocycles. The minimum Gasteiger partial charge on any atom is -0.497 e. The monoisotopic (exact) mass is 438 g/mol. The average Bonchev–Trinajstić information content (AvgIpc) is 2.84. The third-order valence-electron chi connectivity index (χ3n) is 6.42. The van der Waals surface area contributed by atoms with Gasteiger partial charge in [-0.3, -0.25) is 0 Å². The highest BCUT2D eigenvalue weighted by Crippen LogP contribution is 2.25. The van der Waals surface area contributed by atoms with Crippen LogP contribution >= 0.6 is 0 Å². The van der Waals surface area contributed by atoms with Crippen molar-refractivity contribution < 1.29 is 9.47 Å². The number of ether oxygens (including phenoxy) is 2. The number of hydrogen-bond acceptors (Lipinski definition) is 2. The van der Waals surface area contributed by atoms with Gasteiger partial charge in [0.15, 0.2) is 0 Å². The predicted octanol–water partition coefficient (Wildman–Crippen LogP) is 9.53. The van der Waals surface area contributed by atoms with Crippen molar-refractivity contribution >= 4 is 0 Å². The highest BCUT2D eigenvalue weighted by atomic mass is 16.5. The fraction of sp³-hybridized carbons (Fsp3) is 0.600.